The van der Waals surface area contributed by atoms with Gasteiger partial charge in [0.2, 0.25) is 0 Å². The van der Waals surface area contributed by atoms with Crippen molar-refractivity contribution in [2.75, 3.05) is 4.43 Å². The molecule has 0 saturated carbocycles. The Balaban J connectivity index is 4.24. The monoisotopic (exact) mass is 269 g/mol. The van der Waals surface area contributed by atoms with E-state index >= 15 is 0 Å². The molecule has 0 rings (SSSR count). The molecule has 0 radical (unpaired) electrons. The maximum Gasteiger partial charge on any atom is 0.125 e. The van der Waals surface area contributed by atoms with E-state index in [0.717, 1.165) is 10.1 Å². The quantitative estimate of drug-likeness (QED) is 0.323. The molecule has 0 aliphatic heterocycles. The number of rotatable bonds is 3. The van der Waals surface area contributed by atoms with E-state index in [0.29, 0.717) is 5.16 Å². The Morgan fingerprint density at radius 3 is 2.70 bits per heavy atom. The van der Waals surface area contributed by atoms with Crippen molar-refractivity contribution in [3.05, 3.63) is 23.9 Å². The largest absolute Gasteiger partial charge is 0.241 e. The third-order valence-corrected chi connectivity index (χ3v) is 1.95. The van der Waals surface area contributed by atoms with Crippen molar-refractivity contribution >= 4 is 39.9 Å². The second kappa shape index (κ2) is 5.92. The summed E-state index contributed by atoms with van der Waals surface area (Å²) in [6, 6.07) is 0. The van der Waals surface area contributed by atoms with Crippen molar-refractivity contribution in [2.45, 2.75) is 6.92 Å². The summed E-state index contributed by atoms with van der Waals surface area (Å²) < 4.78 is 0.839. The highest BCUT2D eigenvalue weighted by Gasteiger charge is 1.89. The molecule has 0 fully saturated rings. The number of halogens is 2. The maximum atomic E-state index is 5.64. The Bertz CT molecular complexity index is 172. The van der Waals surface area contributed by atoms with Gasteiger partial charge in [-0.1, -0.05) is 46.8 Å². The standard InChI is InChI=1S/C7H9ClIN/c1-3-6(5-9)10-7(8)4-2/h3-4H,1,5H2,2H3/b7-4-,10-6?. The molecule has 0 aliphatic rings. The minimum absolute atomic E-state index is 0.520. The van der Waals surface area contributed by atoms with Gasteiger partial charge < -0.3 is 0 Å². The highest BCUT2D eigenvalue weighted by molar-refractivity contribution is 14.1. The van der Waals surface area contributed by atoms with Crippen LogP contribution in [-0.2, 0) is 0 Å². The van der Waals surface area contributed by atoms with Gasteiger partial charge >= 0.3 is 0 Å². The van der Waals surface area contributed by atoms with Gasteiger partial charge in [-0.2, -0.15) is 0 Å². The second-order valence-corrected chi connectivity index (χ2v) is 2.70. The first-order chi connectivity index (χ1) is 4.74. The Labute approximate surface area is 80.0 Å². The molecule has 0 aromatic heterocycles. The third-order valence-electron chi connectivity index (χ3n) is 0.861. The predicted octanol–water partition coefficient (Wildman–Crippen LogP) is 3.15. The molecule has 10 heavy (non-hydrogen) atoms. The molecule has 56 valence electrons. The third kappa shape index (κ3) is 4.06. The van der Waals surface area contributed by atoms with Crippen LogP contribution in [0.15, 0.2) is 28.9 Å². The Morgan fingerprint density at radius 1 is 1.80 bits per heavy atom. The Morgan fingerprint density at radius 2 is 2.40 bits per heavy atom. The van der Waals surface area contributed by atoms with Gasteiger partial charge in [-0.25, -0.2) is 4.99 Å². The normalized spacial score (nSPS) is 13.5. The summed E-state index contributed by atoms with van der Waals surface area (Å²) in [5.74, 6) is 0. The van der Waals surface area contributed by atoms with Crippen molar-refractivity contribution < 1.29 is 0 Å². The smallest absolute Gasteiger partial charge is 0.125 e. The summed E-state index contributed by atoms with van der Waals surface area (Å²) in [4.78, 5) is 4.05. The molecule has 0 saturated heterocycles. The van der Waals surface area contributed by atoms with E-state index in [4.69, 9.17) is 11.6 Å². The summed E-state index contributed by atoms with van der Waals surface area (Å²) in [5, 5.41) is 0.520. The van der Waals surface area contributed by atoms with Crippen molar-refractivity contribution in [1.82, 2.24) is 0 Å². The number of hydrogen-bond acceptors (Lipinski definition) is 1. The fourth-order valence-electron chi connectivity index (χ4n) is 0.332. The van der Waals surface area contributed by atoms with Crippen LogP contribution in [0.3, 0.4) is 0 Å². The second-order valence-electron chi connectivity index (χ2n) is 1.55. The minimum Gasteiger partial charge on any atom is -0.241 e. The molecule has 3 heteroatoms. The molecule has 1 nitrogen and oxygen atoms in total. The maximum absolute atomic E-state index is 5.64. The lowest BCUT2D eigenvalue weighted by atomic mass is 10.4. The molecule has 0 aliphatic carbocycles. The topological polar surface area (TPSA) is 12.4 Å². The van der Waals surface area contributed by atoms with Crippen LogP contribution < -0.4 is 0 Å². The molecule has 0 aromatic rings. The molecule has 0 amide bonds. The molecule has 0 spiro atoms. The van der Waals surface area contributed by atoms with Crippen LogP contribution in [0.5, 0.6) is 0 Å². The van der Waals surface area contributed by atoms with Crippen molar-refractivity contribution in [1.29, 1.82) is 0 Å². The van der Waals surface area contributed by atoms with E-state index in [1.165, 1.54) is 0 Å². The first-order valence-electron chi connectivity index (χ1n) is 2.82. The average Bonchev–Trinajstić information content (AvgIpc) is 1.99. The number of nitrogens with zero attached hydrogens (tertiary/aromatic N) is 1. The number of aliphatic imine (C=N–C) groups is 1. The summed E-state index contributed by atoms with van der Waals surface area (Å²) in [5.41, 5.74) is 0.906. The van der Waals surface area contributed by atoms with Crippen molar-refractivity contribution in [2.24, 2.45) is 4.99 Å². The Kier molecular flexibility index (Phi) is 6.02. The Hall–Kier alpha value is 0.170. The van der Waals surface area contributed by atoms with Crippen LogP contribution in [0, 0.1) is 0 Å². The van der Waals surface area contributed by atoms with Crippen molar-refractivity contribution in [3.8, 4) is 0 Å². The average molecular weight is 270 g/mol. The van der Waals surface area contributed by atoms with Gasteiger partial charge in [0.25, 0.3) is 0 Å². The van der Waals surface area contributed by atoms with Gasteiger partial charge in [0.1, 0.15) is 5.16 Å². The van der Waals surface area contributed by atoms with Crippen LogP contribution in [0.4, 0.5) is 0 Å². The first-order valence-corrected chi connectivity index (χ1v) is 4.72. The minimum atomic E-state index is 0.520. The zero-order valence-corrected chi connectivity index (χ0v) is 8.69. The van der Waals surface area contributed by atoms with Gasteiger partial charge in [0.15, 0.2) is 0 Å². The summed E-state index contributed by atoms with van der Waals surface area (Å²) in [6.07, 6.45) is 3.45. The molecule has 0 unspecified atom stereocenters. The predicted molar refractivity (Wildman–Crippen MR) is 56.1 cm³/mol. The van der Waals surface area contributed by atoms with E-state index in [1.54, 1.807) is 12.2 Å². The first kappa shape index (κ1) is 10.2. The molecule has 0 atom stereocenters. The molecule has 0 aromatic carbocycles. The van der Waals surface area contributed by atoms with Gasteiger partial charge in [-0.15, -0.1) is 0 Å². The lowest BCUT2D eigenvalue weighted by Gasteiger charge is -1.92. The van der Waals surface area contributed by atoms with E-state index in [-0.39, 0.29) is 0 Å². The van der Waals surface area contributed by atoms with Gasteiger partial charge in [-0.05, 0) is 13.0 Å². The lowest BCUT2D eigenvalue weighted by Crippen LogP contribution is -1.92. The van der Waals surface area contributed by atoms with Crippen LogP contribution >= 0.6 is 34.2 Å². The number of alkyl halides is 1. The highest BCUT2D eigenvalue weighted by Crippen LogP contribution is 2.04. The zero-order valence-electron chi connectivity index (χ0n) is 5.77. The summed E-state index contributed by atoms with van der Waals surface area (Å²) >= 11 is 7.85. The summed E-state index contributed by atoms with van der Waals surface area (Å²) in [7, 11) is 0. The van der Waals surface area contributed by atoms with Crippen LogP contribution in [0.1, 0.15) is 6.92 Å². The van der Waals surface area contributed by atoms with E-state index < -0.39 is 0 Å². The molecule has 0 heterocycles. The summed E-state index contributed by atoms with van der Waals surface area (Å²) in [6.45, 7) is 5.44. The van der Waals surface area contributed by atoms with Gasteiger partial charge in [0.05, 0.1) is 5.71 Å². The molecular weight excluding hydrogens is 260 g/mol. The van der Waals surface area contributed by atoms with Gasteiger partial charge in [0, 0.05) is 4.43 Å². The SMILES string of the molecule is C=CC(CI)=N/C(Cl)=C\C. The van der Waals surface area contributed by atoms with Crippen molar-refractivity contribution in [3.63, 3.8) is 0 Å². The molecule has 0 N–H and O–H groups in total. The van der Waals surface area contributed by atoms with E-state index in [9.17, 15) is 0 Å². The fraction of sp³-hybridized carbons (Fsp3) is 0.286. The number of allylic oxidation sites excluding steroid dienone is 2. The van der Waals surface area contributed by atoms with E-state index in [2.05, 4.69) is 34.2 Å². The fourth-order valence-corrected chi connectivity index (χ4v) is 0.922. The van der Waals surface area contributed by atoms with Crippen LogP contribution in [0.2, 0.25) is 0 Å². The zero-order chi connectivity index (χ0) is 7.98. The van der Waals surface area contributed by atoms with Gasteiger partial charge in [-0.3, -0.25) is 0 Å². The lowest BCUT2D eigenvalue weighted by molar-refractivity contribution is 1.46. The highest BCUT2D eigenvalue weighted by atomic mass is 127. The number of hydrogen-bond donors (Lipinski definition) is 0. The molecular formula is C7H9ClIN. The van der Waals surface area contributed by atoms with E-state index in [1.807, 2.05) is 6.92 Å². The van der Waals surface area contributed by atoms with Crippen LogP contribution in [-0.4, -0.2) is 10.1 Å². The van der Waals surface area contributed by atoms with Crippen LogP contribution in [0.25, 0.3) is 0 Å². The molecule has 0 bridgehead atoms.